The van der Waals surface area contributed by atoms with Crippen molar-refractivity contribution in [2.45, 2.75) is 452 Å². The molecule has 0 amide bonds. The molecule has 16 unspecified atom stereocenters. The van der Waals surface area contributed by atoms with E-state index < -0.39 is 34.5 Å². The van der Waals surface area contributed by atoms with Gasteiger partial charge < -0.3 is 58.0 Å². The average Bonchev–Trinajstić information content (AvgIpc) is 0.815. The standard InChI is InChI=1S/C19H32O2.C18H30O2.C16H26O2.C15H24O4.C15H24O3.C13H18O4.C9H14O4/c1-6-17(2,3)16(20)21-18(4,5)19-10-13-7-14(11-19)9-15(8-13)12-19;1-5-12(2)16(19)20-17(3,4)18-9-13-6-14(10-18)8-15(7-13)11-18;1-4-10(2)15(17)18-16(3)13-6-11-5-12(8-13)9-14(16)7-11;1-3-10(2)12(16)19-15-6-11-4-13(17,8-15)7-14(18,5-11)9-15;1-3-10(2)13(16)18-15-7-11-4-12(8-15)6-14(17,5-11)9-15;1-3-6(2)12(14)16-10-7-4-8-9(5-7)13(15)17-11(8)10;1-3-6(2)8(10)13-7-4-5-12-9(7)11/h13-15H,6-12H2,1-5H3;12-15H,5-11H2,1-4H3;10-14H,4-9H2,1-3H3;10-11,17-18H,3-9H2,1-2H3;10-12,17H,3-9H2,1-2H3;6-11H,3-5H2,1-2H3;6-7H,3-5H2,1-2H3. The second kappa shape index (κ2) is 37.9. The summed E-state index contributed by atoms with van der Waals surface area (Å²) in [5.41, 5.74) is -3.74. The third-order valence-corrected chi connectivity index (χ3v) is 37.3. The summed E-state index contributed by atoms with van der Waals surface area (Å²) in [7, 11) is 0. The van der Waals surface area contributed by atoms with E-state index in [4.69, 9.17) is 37.9 Å². The van der Waals surface area contributed by atoms with Crippen LogP contribution in [0, 0.1) is 146 Å². The van der Waals surface area contributed by atoms with Gasteiger partial charge in [-0.05, 0) is 344 Å². The predicted octanol–water partition coefficient (Wildman–Crippen LogP) is 20.2. The minimum absolute atomic E-state index is 0.00763. The lowest BCUT2D eigenvalue weighted by atomic mass is 9.46. The fraction of sp³-hybridized carbons (Fsp3) is 0.914. The van der Waals surface area contributed by atoms with E-state index in [1.807, 2.05) is 76.2 Å². The molecule has 21 heteroatoms. The highest BCUT2D eigenvalue weighted by molar-refractivity contribution is 5.82. The average molecular weight is 1770 g/mol. The van der Waals surface area contributed by atoms with Crippen LogP contribution in [-0.2, 0) is 85.8 Å². The lowest BCUT2D eigenvalue weighted by Crippen LogP contribution is -2.67. The third kappa shape index (κ3) is 20.9. The van der Waals surface area contributed by atoms with Gasteiger partial charge in [-0.1, -0.05) is 90.0 Å². The van der Waals surface area contributed by atoms with E-state index in [1.165, 1.54) is 116 Å². The molecular formula is C105H168O21. The highest BCUT2D eigenvalue weighted by Crippen LogP contribution is 2.68. The Kier molecular flexibility index (Phi) is 29.6. The van der Waals surface area contributed by atoms with Gasteiger partial charge in [-0.25, -0.2) is 4.79 Å². The molecule has 2 heterocycles. The molecule has 2 saturated heterocycles. The quantitative estimate of drug-likeness (QED) is 0.0632. The van der Waals surface area contributed by atoms with Crippen LogP contribution in [0.15, 0.2) is 0 Å². The summed E-state index contributed by atoms with van der Waals surface area (Å²) < 4.78 is 50.4. The summed E-state index contributed by atoms with van der Waals surface area (Å²) in [6, 6.07) is 0. The number of hydrogen-bond acceptors (Lipinski definition) is 21. The van der Waals surface area contributed by atoms with Crippen molar-refractivity contribution < 1.29 is 101 Å². The molecule has 2 aliphatic heterocycles. The van der Waals surface area contributed by atoms with Gasteiger partial charge in [0.25, 0.3) is 0 Å². The van der Waals surface area contributed by atoms with Crippen molar-refractivity contribution >= 4 is 53.7 Å². The second-order valence-corrected chi connectivity index (χ2v) is 48.3. The van der Waals surface area contributed by atoms with E-state index in [1.54, 1.807) is 6.92 Å². The van der Waals surface area contributed by atoms with Crippen molar-refractivity contribution in [3.8, 4) is 0 Å². The summed E-state index contributed by atoms with van der Waals surface area (Å²) in [5, 5.41) is 31.8. The van der Waals surface area contributed by atoms with Crippen molar-refractivity contribution in [2.24, 2.45) is 146 Å². The molecule has 24 rings (SSSR count). The van der Waals surface area contributed by atoms with Gasteiger partial charge in [0, 0.05) is 54.8 Å². The minimum Gasteiger partial charge on any atom is -0.463 e. The molecule has 24 aliphatic rings. The number of carbonyl (C=O) groups is 9. The zero-order valence-electron chi connectivity index (χ0n) is 81.4. The molecule has 0 aromatic rings. The van der Waals surface area contributed by atoms with Crippen LogP contribution in [-0.4, -0.2) is 139 Å². The van der Waals surface area contributed by atoms with Crippen LogP contribution in [0.4, 0.5) is 0 Å². The van der Waals surface area contributed by atoms with Crippen LogP contribution in [0.25, 0.3) is 0 Å². The molecule has 22 bridgehead atoms. The number of esters is 9. The van der Waals surface area contributed by atoms with Gasteiger partial charge in [0.2, 0.25) is 6.10 Å². The van der Waals surface area contributed by atoms with E-state index in [0.29, 0.717) is 74.2 Å². The van der Waals surface area contributed by atoms with Crippen molar-refractivity contribution in [1.82, 2.24) is 0 Å². The summed E-state index contributed by atoms with van der Waals surface area (Å²) in [6.45, 7) is 40.8. The maximum Gasteiger partial charge on any atom is 0.347 e. The van der Waals surface area contributed by atoms with E-state index in [9.17, 15) is 58.5 Å². The van der Waals surface area contributed by atoms with Crippen LogP contribution >= 0.6 is 0 Å². The fourth-order valence-electron chi connectivity index (χ4n) is 29.8. The smallest absolute Gasteiger partial charge is 0.347 e. The van der Waals surface area contributed by atoms with Crippen LogP contribution < -0.4 is 0 Å². The van der Waals surface area contributed by atoms with E-state index in [2.05, 4.69) is 60.1 Å². The first kappa shape index (κ1) is 98.6. The van der Waals surface area contributed by atoms with Crippen LogP contribution in [0.3, 0.4) is 0 Å². The number of cyclic esters (lactones) is 1. The second-order valence-electron chi connectivity index (χ2n) is 48.3. The zero-order valence-corrected chi connectivity index (χ0v) is 81.4. The number of ether oxygens (including phenoxy) is 9. The number of aliphatic hydroxyl groups is 3. The van der Waals surface area contributed by atoms with Gasteiger partial charge >= 0.3 is 53.7 Å². The first-order chi connectivity index (χ1) is 59.0. The van der Waals surface area contributed by atoms with E-state index >= 15 is 0 Å². The monoisotopic (exact) mass is 1770 g/mol. The van der Waals surface area contributed by atoms with Crippen molar-refractivity contribution in [3.63, 3.8) is 0 Å². The molecule has 0 aromatic carbocycles. The lowest BCUT2D eigenvalue weighted by molar-refractivity contribution is -0.262. The Bertz CT molecular complexity index is 3750. The normalized spacial score (nSPS) is 42.1. The molecule has 714 valence electrons. The summed E-state index contributed by atoms with van der Waals surface area (Å²) in [5.74, 6) is 9.28. The summed E-state index contributed by atoms with van der Waals surface area (Å²) in [6.07, 6.45) is 39.5. The molecule has 0 spiro atoms. The van der Waals surface area contributed by atoms with Gasteiger partial charge in [-0.15, -0.1) is 0 Å². The SMILES string of the molecule is CCC(C)(C)C(=O)OC(C)(C)C12CC3CC(CC(C3)C1)C2.CCC(C)C(=O)OC(C)(C)C12CC3CC(CC(C3)C1)C2.CCC(C)C(=O)OC1(C)C2CC3CC(C2)CC1C3.CCC(C)C(=O)OC12CC3CC(CC(O)(C3)C1)C2.CCC(C)C(=O)OC12CC3CC(O)(CC(O)(C3)C1)C2.CCC(C)C(=O)OC1C2CC3C(=O)OC1C3C2.CCC(C)C(=O)OC1CCOC1=O. The predicted molar refractivity (Wildman–Crippen MR) is 477 cm³/mol. The van der Waals surface area contributed by atoms with Crippen molar-refractivity contribution in [2.75, 3.05) is 6.61 Å². The molecule has 24 fully saturated rings. The Morgan fingerprint density at radius 2 is 0.770 bits per heavy atom. The molecule has 126 heavy (non-hydrogen) atoms. The minimum atomic E-state index is -0.829. The molecule has 22 aliphatic carbocycles. The van der Waals surface area contributed by atoms with Gasteiger partial charge in [0.05, 0.1) is 70.3 Å². The molecule has 0 radical (unpaired) electrons. The zero-order chi connectivity index (χ0) is 91.8. The number of hydrogen-bond donors (Lipinski definition) is 3. The lowest BCUT2D eigenvalue weighted by Gasteiger charge is -2.62. The molecule has 3 N–H and O–H groups in total. The van der Waals surface area contributed by atoms with Crippen molar-refractivity contribution in [3.05, 3.63) is 0 Å². The highest BCUT2D eigenvalue weighted by Gasteiger charge is 2.68. The summed E-state index contributed by atoms with van der Waals surface area (Å²) in [4.78, 5) is 107. The number of rotatable bonds is 23. The highest BCUT2D eigenvalue weighted by atomic mass is 16.6. The number of fused-ring (bicyclic) bond motifs is 1. The first-order valence-corrected chi connectivity index (χ1v) is 51.1. The topological polar surface area (TPSA) is 297 Å². The molecule has 22 saturated carbocycles. The van der Waals surface area contributed by atoms with Gasteiger partial charge in [-0.2, -0.15) is 0 Å². The first-order valence-electron chi connectivity index (χ1n) is 51.1. The van der Waals surface area contributed by atoms with Gasteiger partial charge in [-0.3, -0.25) is 38.4 Å². The Morgan fingerprint density at radius 3 is 1.18 bits per heavy atom. The Balaban J connectivity index is 0.000000126. The maximum absolute atomic E-state index is 12.6. The molecule has 0 aromatic heterocycles. The molecule has 16 atom stereocenters. The Labute approximate surface area is 755 Å². The largest absolute Gasteiger partial charge is 0.463 e. The van der Waals surface area contributed by atoms with Gasteiger partial charge in [0.15, 0.2) is 0 Å². The van der Waals surface area contributed by atoms with Crippen LogP contribution in [0.1, 0.15) is 389 Å². The Hall–Kier alpha value is -4.89. The van der Waals surface area contributed by atoms with Crippen LogP contribution in [0.2, 0.25) is 0 Å². The van der Waals surface area contributed by atoms with Crippen LogP contribution in [0.5, 0.6) is 0 Å². The van der Waals surface area contributed by atoms with Crippen molar-refractivity contribution in [1.29, 1.82) is 0 Å². The molecule has 21 nitrogen and oxygen atoms in total. The summed E-state index contributed by atoms with van der Waals surface area (Å²) >= 11 is 0. The third-order valence-electron chi connectivity index (χ3n) is 37.3. The Morgan fingerprint density at radius 1 is 0.397 bits per heavy atom. The maximum atomic E-state index is 12.6. The van der Waals surface area contributed by atoms with E-state index in [-0.39, 0.29) is 146 Å². The van der Waals surface area contributed by atoms with E-state index in [0.717, 1.165) is 150 Å². The molecular weight excluding hydrogens is 1600 g/mol. The van der Waals surface area contributed by atoms with Gasteiger partial charge in [0.1, 0.15) is 40.2 Å². The fourth-order valence-corrected chi connectivity index (χ4v) is 29.8. The number of carbonyl (C=O) groups excluding carboxylic acids is 9.